The first-order valence-corrected chi connectivity index (χ1v) is 8.97. The molecule has 2 aromatic rings. The highest BCUT2D eigenvalue weighted by atomic mass is 35.5. The largest absolute Gasteiger partial charge is 0.333 e. The normalized spacial score (nSPS) is 16.5. The number of ketones is 1. The average Bonchev–Trinajstić information content (AvgIpc) is 2.66. The van der Waals surface area contributed by atoms with Crippen molar-refractivity contribution < 1.29 is 14.0 Å². The second-order valence-corrected chi connectivity index (χ2v) is 6.73. The van der Waals surface area contributed by atoms with Crippen molar-refractivity contribution in [3.05, 3.63) is 70.5 Å². The monoisotopic (exact) mass is 410 g/mol. The van der Waals surface area contributed by atoms with Crippen LogP contribution in [0, 0.1) is 5.82 Å². The van der Waals surface area contributed by atoms with E-state index >= 15 is 0 Å². The number of Topliss-reactive ketones (excluding diaryl/α,β-unsaturated/α-hetero) is 1. The fourth-order valence-electron chi connectivity index (χ4n) is 3.16. The molecule has 144 valence electrons. The Labute approximate surface area is 169 Å². The van der Waals surface area contributed by atoms with Gasteiger partial charge in [-0.25, -0.2) is 4.39 Å². The van der Waals surface area contributed by atoms with Crippen molar-refractivity contribution in [3.63, 3.8) is 0 Å². The van der Waals surface area contributed by atoms with Crippen LogP contribution in [0.5, 0.6) is 0 Å². The van der Waals surface area contributed by atoms with Crippen molar-refractivity contribution in [2.75, 3.05) is 19.6 Å². The predicted molar refractivity (Wildman–Crippen MR) is 106 cm³/mol. The van der Waals surface area contributed by atoms with E-state index in [0.29, 0.717) is 30.2 Å². The van der Waals surface area contributed by atoms with Crippen molar-refractivity contribution in [1.82, 2.24) is 10.2 Å². The Balaban J connectivity index is 0.00000261. The highest BCUT2D eigenvalue weighted by molar-refractivity contribution is 6.30. The van der Waals surface area contributed by atoms with Crippen molar-refractivity contribution in [1.29, 1.82) is 0 Å². The molecule has 1 amide bonds. The summed E-state index contributed by atoms with van der Waals surface area (Å²) in [5.41, 5.74) is 1.40. The summed E-state index contributed by atoms with van der Waals surface area (Å²) < 4.78 is 13.0. The Morgan fingerprint density at radius 3 is 2.59 bits per heavy atom. The van der Waals surface area contributed by atoms with Crippen LogP contribution in [0.15, 0.2) is 48.5 Å². The Hall–Kier alpha value is -1.95. The van der Waals surface area contributed by atoms with Gasteiger partial charge in [0.05, 0.1) is 6.04 Å². The quantitative estimate of drug-likeness (QED) is 0.756. The summed E-state index contributed by atoms with van der Waals surface area (Å²) >= 11 is 6.08. The van der Waals surface area contributed by atoms with Crippen LogP contribution < -0.4 is 5.32 Å². The van der Waals surface area contributed by atoms with E-state index in [1.165, 1.54) is 24.3 Å². The van der Waals surface area contributed by atoms with Gasteiger partial charge in [0, 0.05) is 43.1 Å². The third-order valence-corrected chi connectivity index (χ3v) is 4.76. The summed E-state index contributed by atoms with van der Waals surface area (Å²) in [6, 6.07) is 12.8. The number of carbonyl (C=O) groups is 2. The molecule has 0 spiro atoms. The summed E-state index contributed by atoms with van der Waals surface area (Å²) in [7, 11) is 0. The minimum Gasteiger partial charge on any atom is -0.333 e. The van der Waals surface area contributed by atoms with Crippen molar-refractivity contribution in [3.8, 4) is 0 Å². The van der Waals surface area contributed by atoms with E-state index in [1.54, 1.807) is 11.0 Å². The summed E-state index contributed by atoms with van der Waals surface area (Å²) in [4.78, 5) is 26.7. The first kappa shape index (κ1) is 21.4. The van der Waals surface area contributed by atoms with Gasteiger partial charge in [0.15, 0.2) is 5.78 Å². The summed E-state index contributed by atoms with van der Waals surface area (Å²) in [5, 5.41) is 3.93. The van der Waals surface area contributed by atoms with Crippen LogP contribution in [0.1, 0.15) is 34.8 Å². The van der Waals surface area contributed by atoms with Crippen LogP contribution in [-0.2, 0) is 4.79 Å². The summed E-state index contributed by atoms with van der Waals surface area (Å²) in [6.07, 6.45) is 0.240. The van der Waals surface area contributed by atoms with E-state index in [0.717, 1.165) is 5.56 Å². The van der Waals surface area contributed by atoms with Crippen LogP contribution in [0.25, 0.3) is 0 Å². The summed E-state index contributed by atoms with van der Waals surface area (Å²) in [5.74, 6) is -0.609. The van der Waals surface area contributed by atoms with E-state index < -0.39 is 0 Å². The van der Waals surface area contributed by atoms with Gasteiger partial charge < -0.3 is 10.2 Å². The molecule has 7 heteroatoms. The molecule has 1 aliphatic rings. The zero-order valence-electron chi connectivity index (χ0n) is 14.7. The van der Waals surface area contributed by atoms with Gasteiger partial charge in [0.25, 0.3) is 0 Å². The minimum atomic E-state index is -0.386. The molecule has 1 N–H and O–H groups in total. The van der Waals surface area contributed by atoms with Gasteiger partial charge in [-0.05, 0) is 42.0 Å². The molecule has 2 aromatic carbocycles. The van der Waals surface area contributed by atoms with E-state index in [2.05, 4.69) is 5.32 Å². The van der Waals surface area contributed by atoms with E-state index in [4.69, 9.17) is 11.6 Å². The maximum atomic E-state index is 13.0. The first-order valence-electron chi connectivity index (χ1n) is 8.59. The molecule has 1 fully saturated rings. The Morgan fingerprint density at radius 2 is 1.89 bits per heavy atom. The smallest absolute Gasteiger partial charge is 0.223 e. The Kier molecular flexibility index (Phi) is 7.78. The fourth-order valence-corrected chi connectivity index (χ4v) is 3.36. The number of benzene rings is 2. The van der Waals surface area contributed by atoms with Gasteiger partial charge in [0.1, 0.15) is 5.82 Å². The van der Waals surface area contributed by atoms with Crippen LogP contribution >= 0.6 is 24.0 Å². The molecule has 1 atom stereocenters. The van der Waals surface area contributed by atoms with Crippen LogP contribution in [0.4, 0.5) is 4.39 Å². The molecule has 1 aliphatic heterocycles. The average molecular weight is 411 g/mol. The second-order valence-electron chi connectivity index (χ2n) is 6.29. The molecule has 0 bridgehead atoms. The second kappa shape index (κ2) is 9.83. The third-order valence-electron chi connectivity index (χ3n) is 4.53. The molecule has 0 aliphatic carbocycles. The zero-order valence-corrected chi connectivity index (χ0v) is 16.2. The molecular weight excluding hydrogens is 390 g/mol. The van der Waals surface area contributed by atoms with E-state index in [9.17, 15) is 14.0 Å². The molecule has 1 heterocycles. The lowest BCUT2D eigenvalue weighted by Gasteiger charge is -2.36. The topological polar surface area (TPSA) is 49.4 Å². The molecule has 0 aromatic heterocycles. The van der Waals surface area contributed by atoms with Gasteiger partial charge >= 0.3 is 0 Å². The molecule has 1 saturated heterocycles. The van der Waals surface area contributed by atoms with E-state index in [1.807, 2.05) is 18.2 Å². The number of hydrogen-bond donors (Lipinski definition) is 1. The number of piperazine rings is 1. The Morgan fingerprint density at radius 1 is 1.15 bits per heavy atom. The maximum absolute atomic E-state index is 13.0. The summed E-state index contributed by atoms with van der Waals surface area (Å²) in [6.45, 7) is 1.95. The zero-order chi connectivity index (χ0) is 18.5. The Bertz CT molecular complexity index is 799. The van der Waals surface area contributed by atoms with Gasteiger partial charge in [-0.3, -0.25) is 9.59 Å². The van der Waals surface area contributed by atoms with Crippen molar-refractivity contribution in [2.45, 2.75) is 18.9 Å². The number of rotatable bonds is 5. The molecule has 27 heavy (non-hydrogen) atoms. The molecule has 0 radical (unpaired) electrons. The molecular formula is C20H21Cl2FN2O2. The predicted octanol–water partition coefficient (Wildman–Crippen LogP) is 4.04. The van der Waals surface area contributed by atoms with Gasteiger partial charge in [-0.1, -0.05) is 23.7 Å². The highest BCUT2D eigenvalue weighted by Crippen LogP contribution is 2.25. The SMILES string of the molecule is Cl.O=C(CCC(=O)N1CCNCC1c1cccc(Cl)c1)c1ccc(F)cc1. The number of carbonyl (C=O) groups excluding carboxylic acids is 2. The number of halogens is 3. The molecule has 4 nitrogen and oxygen atoms in total. The van der Waals surface area contributed by atoms with Gasteiger partial charge in [-0.2, -0.15) is 0 Å². The van der Waals surface area contributed by atoms with Crippen molar-refractivity contribution in [2.24, 2.45) is 0 Å². The molecule has 3 rings (SSSR count). The van der Waals surface area contributed by atoms with Crippen molar-refractivity contribution >= 4 is 35.7 Å². The lowest BCUT2D eigenvalue weighted by molar-refractivity contribution is -0.134. The number of nitrogens with one attached hydrogen (secondary N) is 1. The van der Waals surface area contributed by atoms with Crippen LogP contribution in [0.3, 0.4) is 0 Å². The van der Waals surface area contributed by atoms with Gasteiger partial charge in [0.2, 0.25) is 5.91 Å². The highest BCUT2D eigenvalue weighted by Gasteiger charge is 2.28. The number of amides is 1. The van der Waals surface area contributed by atoms with E-state index in [-0.39, 0.29) is 48.8 Å². The maximum Gasteiger partial charge on any atom is 0.223 e. The first-order chi connectivity index (χ1) is 12.5. The van der Waals surface area contributed by atoms with Crippen LogP contribution in [-0.4, -0.2) is 36.2 Å². The fraction of sp³-hybridized carbons (Fsp3) is 0.300. The number of nitrogens with zero attached hydrogens (tertiary/aromatic N) is 1. The minimum absolute atomic E-state index is 0. The standard InChI is InChI=1S/C20H20ClFN2O2.ClH/c21-16-3-1-2-15(12-16)18-13-23-10-11-24(18)20(26)9-8-19(25)14-4-6-17(22)7-5-14;/h1-7,12,18,23H,8-11,13H2;1H. The number of hydrogen-bond acceptors (Lipinski definition) is 3. The van der Waals surface area contributed by atoms with Gasteiger partial charge in [-0.15, -0.1) is 12.4 Å². The lowest BCUT2D eigenvalue weighted by atomic mass is 10.0. The molecule has 0 saturated carbocycles. The lowest BCUT2D eigenvalue weighted by Crippen LogP contribution is -2.48. The van der Waals surface area contributed by atoms with Crippen LogP contribution in [0.2, 0.25) is 5.02 Å². The third kappa shape index (κ3) is 5.51. The molecule has 1 unspecified atom stereocenters.